The van der Waals surface area contributed by atoms with E-state index < -0.39 is 23.9 Å². The Hall–Kier alpha value is -1.63. The molecule has 0 spiro atoms. The van der Waals surface area contributed by atoms with Crippen LogP contribution in [-0.2, 0) is 4.79 Å². The van der Waals surface area contributed by atoms with Crippen LogP contribution in [0, 0.1) is 11.7 Å². The van der Waals surface area contributed by atoms with E-state index >= 15 is 0 Å². The van der Waals surface area contributed by atoms with E-state index in [-0.39, 0.29) is 11.6 Å². The number of carbonyl (C=O) groups excluding carboxylic acids is 1. The van der Waals surface area contributed by atoms with Crippen LogP contribution < -0.4 is 10.6 Å². The predicted molar refractivity (Wildman–Crippen MR) is 72.5 cm³/mol. The van der Waals surface area contributed by atoms with Gasteiger partial charge in [0.25, 0.3) is 0 Å². The maximum Gasteiger partial charge on any atom is 0.326 e. The zero-order valence-corrected chi connectivity index (χ0v) is 12.0. The van der Waals surface area contributed by atoms with Crippen molar-refractivity contribution >= 4 is 33.6 Å². The van der Waals surface area contributed by atoms with Gasteiger partial charge in [-0.05, 0) is 24.1 Å². The lowest BCUT2D eigenvalue weighted by atomic mass is 10.1. The molecule has 0 aliphatic rings. The number of hydrogen-bond acceptors (Lipinski definition) is 2. The van der Waals surface area contributed by atoms with Crippen LogP contribution in [0.3, 0.4) is 0 Å². The summed E-state index contributed by atoms with van der Waals surface area (Å²) in [6.07, 6.45) is 0. The monoisotopic (exact) mass is 332 g/mol. The zero-order valence-electron chi connectivity index (χ0n) is 10.4. The van der Waals surface area contributed by atoms with E-state index in [1.54, 1.807) is 19.9 Å². The van der Waals surface area contributed by atoms with Gasteiger partial charge in [-0.15, -0.1) is 0 Å². The summed E-state index contributed by atoms with van der Waals surface area (Å²) in [6, 6.07) is 2.35. The molecule has 104 valence electrons. The Balaban J connectivity index is 2.72. The summed E-state index contributed by atoms with van der Waals surface area (Å²) in [5.74, 6) is -2.03. The van der Waals surface area contributed by atoms with Crippen molar-refractivity contribution in [1.82, 2.24) is 5.32 Å². The first-order chi connectivity index (χ1) is 8.81. The molecule has 0 saturated carbocycles. The summed E-state index contributed by atoms with van der Waals surface area (Å²) in [4.78, 5) is 22.5. The number of carbonyl (C=O) groups is 2. The van der Waals surface area contributed by atoms with Gasteiger partial charge in [0.1, 0.15) is 11.9 Å². The van der Waals surface area contributed by atoms with Gasteiger partial charge < -0.3 is 15.7 Å². The Morgan fingerprint density at radius 2 is 2.00 bits per heavy atom. The first-order valence-electron chi connectivity index (χ1n) is 5.56. The highest BCUT2D eigenvalue weighted by molar-refractivity contribution is 9.10. The van der Waals surface area contributed by atoms with E-state index in [2.05, 4.69) is 26.6 Å². The average Bonchev–Trinajstić information content (AvgIpc) is 2.29. The number of nitrogens with one attached hydrogen (secondary N) is 2. The molecule has 0 aliphatic carbocycles. The van der Waals surface area contributed by atoms with E-state index in [9.17, 15) is 14.0 Å². The maximum atomic E-state index is 13.5. The number of carboxylic acids is 1. The summed E-state index contributed by atoms with van der Waals surface area (Å²) in [5, 5.41) is 13.5. The molecule has 0 fully saturated rings. The van der Waals surface area contributed by atoms with E-state index in [0.717, 1.165) is 0 Å². The maximum absolute atomic E-state index is 13.5. The fourth-order valence-corrected chi connectivity index (χ4v) is 1.74. The minimum absolute atomic E-state index is 0.0198. The van der Waals surface area contributed by atoms with Crippen LogP contribution in [0.2, 0.25) is 0 Å². The van der Waals surface area contributed by atoms with E-state index in [1.165, 1.54) is 12.1 Å². The van der Waals surface area contributed by atoms with Gasteiger partial charge in [-0.2, -0.15) is 0 Å². The number of hydrogen-bond donors (Lipinski definition) is 3. The van der Waals surface area contributed by atoms with Gasteiger partial charge in [-0.25, -0.2) is 14.0 Å². The van der Waals surface area contributed by atoms with Crippen molar-refractivity contribution in [1.29, 1.82) is 0 Å². The number of anilines is 1. The number of halogens is 2. The van der Waals surface area contributed by atoms with Crippen LogP contribution in [0.4, 0.5) is 14.9 Å². The normalized spacial score (nSPS) is 12.1. The molecule has 5 nitrogen and oxygen atoms in total. The number of aliphatic carboxylic acids is 1. The van der Waals surface area contributed by atoms with Gasteiger partial charge in [-0.3, -0.25) is 0 Å². The standard InChI is InChI=1S/C12H14BrFN2O3/c1-6(2)10(11(17)18)16-12(19)15-9-4-3-7(13)5-8(9)14/h3-6,10H,1-2H3,(H,17,18)(H2,15,16,19)/t10-/m1/s1. The number of benzene rings is 1. The van der Waals surface area contributed by atoms with Crippen molar-refractivity contribution in [2.45, 2.75) is 19.9 Å². The van der Waals surface area contributed by atoms with Crippen molar-refractivity contribution in [2.75, 3.05) is 5.32 Å². The molecular weight excluding hydrogens is 319 g/mol. The molecule has 0 radical (unpaired) electrons. The Bertz CT molecular complexity index is 494. The van der Waals surface area contributed by atoms with Gasteiger partial charge >= 0.3 is 12.0 Å². The van der Waals surface area contributed by atoms with Gasteiger partial charge in [0, 0.05) is 4.47 Å². The minimum atomic E-state index is -1.14. The molecule has 1 aromatic carbocycles. The number of urea groups is 1. The van der Waals surface area contributed by atoms with E-state index in [4.69, 9.17) is 5.11 Å². The molecule has 3 N–H and O–H groups in total. The van der Waals surface area contributed by atoms with Crippen LogP contribution in [0.1, 0.15) is 13.8 Å². The van der Waals surface area contributed by atoms with Gasteiger partial charge in [0.15, 0.2) is 0 Å². The second-order valence-electron chi connectivity index (χ2n) is 4.28. The molecule has 19 heavy (non-hydrogen) atoms. The molecule has 0 saturated heterocycles. The number of rotatable bonds is 4. The fraction of sp³-hybridized carbons (Fsp3) is 0.333. The van der Waals surface area contributed by atoms with Crippen LogP contribution in [0.15, 0.2) is 22.7 Å². The second kappa shape index (κ2) is 6.51. The molecule has 1 rings (SSSR count). The minimum Gasteiger partial charge on any atom is -0.480 e. The van der Waals surface area contributed by atoms with E-state index in [1.807, 2.05) is 0 Å². The molecule has 0 aliphatic heterocycles. The van der Waals surface area contributed by atoms with Crippen LogP contribution in [0.25, 0.3) is 0 Å². The summed E-state index contributed by atoms with van der Waals surface area (Å²) >= 11 is 3.09. The van der Waals surface area contributed by atoms with Crippen molar-refractivity contribution < 1.29 is 19.1 Å². The average molecular weight is 333 g/mol. The van der Waals surface area contributed by atoms with Crippen molar-refractivity contribution in [3.05, 3.63) is 28.5 Å². The third-order valence-corrected chi connectivity index (χ3v) is 2.89. The molecule has 1 aromatic rings. The lowest BCUT2D eigenvalue weighted by molar-refractivity contribution is -0.140. The Morgan fingerprint density at radius 3 is 2.47 bits per heavy atom. The third-order valence-electron chi connectivity index (χ3n) is 2.40. The predicted octanol–water partition coefficient (Wildman–Crippen LogP) is 2.82. The molecule has 0 bridgehead atoms. The van der Waals surface area contributed by atoms with Crippen LogP contribution in [-0.4, -0.2) is 23.1 Å². The topological polar surface area (TPSA) is 78.4 Å². The molecular formula is C12H14BrFN2O3. The van der Waals surface area contributed by atoms with Crippen molar-refractivity contribution in [3.63, 3.8) is 0 Å². The van der Waals surface area contributed by atoms with Crippen LogP contribution >= 0.6 is 15.9 Å². The first kappa shape index (κ1) is 15.4. The molecule has 0 unspecified atom stereocenters. The van der Waals surface area contributed by atoms with Crippen LogP contribution in [0.5, 0.6) is 0 Å². The van der Waals surface area contributed by atoms with Gasteiger partial charge in [0.05, 0.1) is 5.69 Å². The lowest BCUT2D eigenvalue weighted by Gasteiger charge is -2.18. The Kier molecular flexibility index (Phi) is 5.29. The molecule has 0 heterocycles. The van der Waals surface area contributed by atoms with E-state index in [0.29, 0.717) is 4.47 Å². The summed E-state index contributed by atoms with van der Waals surface area (Å²) in [5.41, 5.74) is -0.0198. The quantitative estimate of drug-likeness (QED) is 0.793. The Labute approximate surface area is 118 Å². The Morgan fingerprint density at radius 1 is 1.37 bits per heavy atom. The zero-order chi connectivity index (χ0) is 14.6. The molecule has 0 aromatic heterocycles. The van der Waals surface area contributed by atoms with Crippen molar-refractivity contribution in [3.8, 4) is 0 Å². The SMILES string of the molecule is CC(C)[C@@H](NC(=O)Nc1ccc(Br)cc1F)C(=O)O. The van der Waals surface area contributed by atoms with Gasteiger partial charge in [-0.1, -0.05) is 29.8 Å². The highest BCUT2D eigenvalue weighted by Crippen LogP contribution is 2.19. The highest BCUT2D eigenvalue weighted by Gasteiger charge is 2.23. The van der Waals surface area contributed by atoms with Gasteiger partial charge in [0.2, 0.25) is 0 Å². The molecule has 7 heteroatoms. The highest BCUT2D eigenvalue weighted by atomic mass is 79.9. The largest absolute Gasteiger partial charge is 0.480 e. The molecule has 2 amide bonds. The number of carboxylic acid groups (broad SMARTS) is 1. The summed E-state index contributed by atoms with van der Waals surface area (Å²) < 4.78 is 14.0. The molecule has 1 atom stereocenters. The summed E-state index contributed by atoms with van der Waals surface area (Å²) in [7, 11) is 0. The third kappa shape index (κ3) is 4.51. The second-order valence-corrected chi connectivity index (χ2v) is 5.20. The van der Waals surface area contributed by atoms with Crippen molar-refractivity contribution in [2.24, 2.45) is 5.92 Å². The fourth-order valence-electron chi connectivity index (χ4n) is 1.40. The summed E-state index contributed by atoms with van der Waals surface area (Å²) in [6.45, 7) is 3.33. The lowest BCUT2D eigenvalue weighted by Crippen LogP contribution is -2.46. The smallest absolute Gasteiger partial charge is 0.326 e. The number of amides is 2. The first-order valence-corrected chi connectivity index (χ1v) is 6.36.